The highest BCUT2D eigenvalue weighted by molar-refractivity contribution is 6.17. The Bertz CT molecular complexity index is 1750. The maximum atomic E-state index is 13.9. The number of imidazole rings is 1. The third-order valence-corrected chi connectivity index (χ3v) is 8.75. The minimum Gasteiger partial charge on any atom is -0.330 e. The van der Waals surface area contributed by atoms with E-state index in [4.69, 9.17) is 17.2 Å². The Morgan fingerprint density at radius 3 is 2.28 bits per heavy atom. The van der Waals surface area contributed by atoms with Gasteiger partial charge < -0.3 is 21.8 Å². The zero-order chi connectivity index (χ0) is 31.3. The van der Waals surface area contributed by atoms with Gasteiger partial charge in [0.2, 0.25) is 11.7 Å². The number of nitrogens with two attached hydrogens (primary N) is 3. The van der Waals surface area contributed by atoms with Gasteiger partial charge in [0.1, 0.15) is 0 Å². The van der Waals surface area contributed by atoms with Crippen molar-refractivity contribution in [3.63, 3.8) is 0 Å². The van der Waals surface area contributed by atoms with E-state index in [1.807, 2.05) is 35.2 Å². The maximum absolute atomic E-state index is 13.9. The van der Waals surface area contributed by atoms with Crippen molar-refractivity contribution in [3.05, 3.63) is 78.6 Å². The first kappa shape index (κ1) is 32.9. The second-order valence-electron chi connectivity index (χ2n) is 11.7. The summed E-state index contributed by atoms with van der Waals surface area (Å²) in [4.78, 5) is 33.6. The van der Waals surface area contributed by atoms with Crippen molar-refractivity contribution in [1.82, 2.24) is 30.2 Å². The highest BCUT2D eigenvalue weighted by Gasteiger charge is 2.35. The van der Waals surface area contributed by atoms with Crippen LogP contribution in [0.3, 0.4) is 0 Å². The van der Waals surface area contributed by atoms with Gasteiger partial charge in [0, 0.05) is 24.6 Å². The summed E-state index contributed by atoms with van der Waals surface area (Å²) in [6.07, 6.45) is 5.22. The number of amides is 2. The van der Waals surface area contributed by atoms with Crippen LogP contribution in [0.15, 0.2) is 73.1 Å². The van der Waals surface area contributed by atoms with Crippen LogP contribution in [0.1, 0.15) is 31.2 Å². The summed E-state index contributed by atoms with van der Waals surface area (Å²) >= 11 is 0. The van der Waals surface area contributed by atoms with Crippen molar-refractivity contribution in [3.8, 4) is 22.5 Å². The molecule has 5 aromatic rings. The molecule has 2 heterocycles. The Hall–Kier alpha value is -4.49. The van der Waals surface area contributed by atoms with Gasteiger partial charge in [-0.05, 0) is 103 Å². The number of fused-ring (bicyclic) bond motifs is 1. The Morgan fingerprint density at radius 1 is 0.935 bits per heavy atom. The maximum Gasteiger partial charge on any atom is 0.251 e. The molecule has 1 fully saturated rings. The molecule has 46 heavy (non-hydrogen) atoms. The van der Waals surface area contributed by atoms with Crippen LogP contribution in [0.5, 0.6) is 0 Å². The number of imide groups is 1. The average Bonchev–Trinajstić information content (AvgIpc) is 3.76. The lowest BCUT2D eigenvalue weighted by Crippen LogP contribution is -2.50. The summed E-state index contributed by atoms with van der Waals surface area (Å²) in [6.45, 7) is 1.88. The smallest absolute Gasteiger partial charge is 0.251 e. The van der Waals surface area contributed by atoms with Crippen LogP contribution in [-0.2, 0) is 22.6 Å². The number of tetrazole rings is 1. The normalized spacial score (nSPS) is 16.9. The molecule has 3 aromatic carbocycles. The van der Waals surface area contributed by atoms with Crippen LogP contribution in [0, 0.1) is 11.8 Å². The van der Waals surface area contributed by atoms with E-state index >= 15 is 0 Å². The number of anilines is 1. The quantitative estimate of drug-likeness (QED) is 0.177. The number of nitrogens with zero attached hydrogens (tertiary/aromatic N) is 6. The number of H-pyrrole nitrogens is 1. The first-order valence-electron chi connectivity index (χ1n) is 15.4. The SMILES string of the molecule is Cl.NCCn1cnc2cc(-c3ccc(C[C@H](N)C(=O)N(C(=O)C4CCC(CN)CC4)c4ccc(-c5nn[nH]n5)cc4)cc3)ccc21. The zero-order valence-electron chi connectivity index (χ0n) is 25.5. The van der Waals surface area contributed by atoms with Crippen molar-refractivity contribution in [2.75, 3.05) is 18.0 Å². The summed E-state index contributed by atoms with van der Waals surface area (Å²) in [5.41, 5.74) is 24.2. The molecule has 1 saturated carbocycles. The molecule has 0 spiro atoms. The molecule has 2 amide bonds. The Kier molecular flexibility index (Phi) is 10.5. The van der Waals surface area contributed by atoms with Gasteiger partial charge in [-0.3, -0.25) is 9.59 Å². The van der Waals surface area contributed by atoms with Crippen LogP contribution in [0.4, 0.5) is 5.69 Å². The Balaban J connectivity index is 0.00000417. The second-order valence-corrected chi connectivity index (χ2v) is 11.7. The van der Waals surface area contributed by atoms with Gasteiger partial charge in [0.25, 0.3) is 5.91 Å². The van der Waals surface area contributed by atoms with Gasteiger partial charge in [-0.2, -0.15) is 5.21 Å². The monoisotopic (exact) mass is 642 g/mol. The molecule has 0 saturated heterocycles. The van der Waals surface area contributed by atoms with E-state index in [1.165, 1.54) is 4.90 Å². The van der Waals surface area contributed by atoms with Crippen molar-refractivity contribution < 1.29 is 9.59 Å². The molecule has 0 aliphatic heterocycles. The van der Waals surface area contributed by atoms with Gasteiger partial charge in [0.15, 0.2) is 0 Å². The number of nitrogens with one attached hydrogen (secondary N) is 1. The average molecular weight is 643 g/mol. The number of aromatic amines is 1. The van der Waals surface area contributed by atoms with Gasteiger partial charge in [0.05, 0.1) is 29.1 Å². The molecule has 1 aliphatic carbocycles. The fourth-order valence-electron chi connectivity index (χ4n) is 6.14. The zero-order valence-corrected chi connectivity index (χ0v) is 26.3. The fourth-order valence-corrected chi connectivity index (χ4v) is 6.14. The highest BCUT2D eigenvalue weighted by atomic mass is 35.5. The number of aromatic nitrogens is 6. The van der Waals surface area contributed by atoms with Crippen molar-refractivity contribution in [1.29, 1.82) is 0 Å². The number of halogens is 1. The summed E-state index contributed by atoms with van der Waals surface area (Å²) in [6, 6.07) is 20.2. The molecule has 0 bridgehead atoms. The highest BCUT2D eigenvalue weighted by Crippen LogP contribution is 2.32. The number of carbonyl (C=O) groups is 2. The van der Waals surface area contributed by atoms with Gasteiger partial charge >= 0.3 is 0 Å². The third-order valence-electron chi connectivity index (χ3n) is 8.75. The second kappa shape index (κ2) is 14.7. The predicted octanol–water partition coefficient (Wildman–Crippen LogP) is 3.46. The lowest BCUT2D eigenvalue weighted by molar-refractivity contribution is -0.130. The number of hydrogen-bond acceptors (Lipinski definition) is 9. The van der Waals surface area contributed by atoms with Crippen LogP contribution in [0.2, 0.25) is 0 Å². The van der Waals surface area contributed by atoms with E-state index in [-0.39, 0.29) is 30.7 Å². The molecule has 7 N–H and O–H groups in total. The predicted molar refractivity (Wildman–Crippen MR) is 180 cm³/mol. The molecular formula is C33H39ClN10O2. The fraction of sp³-hybridized carbons (Fsp3) is 0.333. The van der Waals surface area contributed by atoms with Gasteiger partial charge in [-0.25, -0.2) is 9.88 Å². The van der Waals surface area contributed by atoms with Crippen LogP contribution in [0.25, 0.3) is 33.5 Å². The molecule has 12 nitrogen and oxygen atoms in total. The lowest BCUT2D eigenvalue weighted by atomic mass is 9.81. The molecule has 1 aliphatic rings. The minimum absolute atomic E-state index is 0. The molecule has 2 aromatic heterocycles. The summed E-state index contributed by atoms with van der Waals surface area (Å²) in [5, 5.41) is 14.1. The molecule has 13 heteroatoms. The molecule has 240 valence electrons. The first-order chi connectivity index (χ1) is 21.9. The van der Waals surface area contributed by atoms with Crippen LogP contribution in [-0.4, -0.2) is 61.1 Å². The van der Waals surface area contributed by atoms with Crippen molar-refractivity contribution >= 4 is 40.9 Å². The van der Waals surface area contributed by atoms with E-state index < -0.39 is 11.9 Å². The standard InChI is InChI=1S/C33H38N10O2.ClH/c34-15-16-42-20-37-29-18-26(11-14-30(29)42)23-5-1-21(2-6-23)17-28(36)33(45)43(32(44)25-7-3-22(19-35)4-8-25)27-12-9-24(10-13-27)31-38-40-41-39-31;/h1-2,5-6,9-14,18,20,22,25,28H,3-4,7-8,15-17,19,34-36H2,(H,38,39,40,41);1H/t22?,25?,28-;/m0./s1. The largest absolute Gasteiger partial charge is 0.330 e. The van der Waals surface area contributed by atoms with Crippen molar-refractivity contribution in [2.24, 2.45) is 29.0 Å². The van der Waals surface area contributed by atoms with Gasteiger partial charge in [-0.1, -0.05) is 30.3 Å². The lowest BCUT2D eigenvalue weighted by Gasteiger charge is -2.32. The number of benzene rings is 3. The van der Waals surface area contributed by atoms with E-state index in [1.54, 1.807) is 24.3 Å². The Morgan fingerprint density at radius 2 is 1.63 bits per heavy atom. The number of carbonyl (C=O) groups excluding carboxylic acids is 2. The summed E-state index contributed by atoms with van der Waals surface area (Å²) in [7, 11) is 0. The van der Waals surface area contributed by atoms with Gasteiger partial charge in [-0.15, -0.1) is 22.6 Å². The summed E-state index contributed by atoms with van der Waals surface area (Å²) < 4.78 is 2.04. The first-order valence-corrected chi connectivity index (χ1v) is 15.4. The number of rotatable bonds is 10. The van der Waals surface area contributed by atoms with E-state index in [0.29, 0.717) is 55.5 Å². The number of hydrogen-bond donors (Lipinski definition) is 4. The molecular weight excluding hydrogens is 604 g/mol. The minimum atomic E-state index is -0.917. The molecule has 0 radical (unpaired) electrons. The topological polar surface area (TPSA) is 188 Å². The van der Waals surface area contributed by atoms with Crippen molar-refractivity contribution in [2.45, 2.75) is 44.7 Å². The third kappa shape index (κ3) is 7.00. The van der Waals surface area contributed by atoms with E-state index in [9.17, 15) is 9.59 Å². The Labute approximate surface area is 273 Å². The van der Waals surface area contributed by atoms with Crippen LogP contribution < -0.4 is 22.1 Å². The summed E-state index contributed by atoms with van der Waals surface area (Å²) in [5.74, 6) is -0.0897. The molecule has 1 atom stereocenters. The van der Waals surface area contributed by atoms with E-state index in [2.05, 4.69) is 43.8 Å². The molecule has 6 rings (SSSR count). The van der Waals surface area contributed by atoms with E-state index in [0.717, 1.165) is 40.6 Å². The molecule has 0 unspecified atom stereocenters. The van der Waals surface area contributed by atoms with Crippen LogP contribution >= 0.6 is 12.4 Å².